The summed E-state index contributed by atoms with van der Waals surface area (Å²) >= 11 is 3.17. The van der Waals surface area contributed by atoms with Crippen molar-refractivity contribution in [2.45, 2.75) is 6.92 Å². The van der Waals surface area contributed by atoms with Gasteiger partial charge >= 0.3 is 5.69 Å². The van der Waals surface area contributed by atoms with Crippen LogP contribution in [-0.2, 0) is 0 Å². The number of benzene rings is 1. The highest BCUT2D eigenvalue weighted by Crippen LogP contribution is 2.35. The van der Waals surface area contributed by atoms with Gasteiger partial charge < -0.3 is 10.5 Å². The lowest BCUT2D eigenvalue weighted by Crippen LogP contribution is -1.99. The predicted octanol–water partition coefficient (Wildman–Crippen LogP) is 2.83. The second-order valence-corrected chi connectivity index (χ2v) is 4.50. The van der Waals surface area contributed by atoms with Gasteiger partial charge in [-0.25, -0.2) is 9.97 Å². The van der Waals surface area contributed by atoms with Crippen LogP contribution in [0.5, 0.6) is 11.6 Å². The Morgan fingerprint density at radius 2 is 2.16 bits per heavy atom. The van der Waals surface area contributed by atoms with E-state index in [0.29, 0.717) is 4.47 Å². The van der Waals surface area contributed by atoms with Crippen molar-refractivity contribution in [3.8, 4) is 11.6 Å². The predicted molar refractivity (Wildman–Crippen MR) is 72.1 cm³/mol. The van der Waals surface area contributed by atoms with Gasteiger partial charge in [-0.1, -0.05) is 6.07 Å². The van der Waals surface area contributed by atoms with Gasteiger partial charge in [0.1, 0.15) is 16.6 Å². The maximum atomic E-state index is 11.0. The lowest BCUT2D eigenvalue weighted by atomic mass is 10.2. The minimum absolute atomic E-state index is 0.0920. The van der Waals surface area contributed by atoms with Gasteiger partial charge in [-0.3, -0.25) is 10.1 Å². The highest BCUT2D eigenvalue weighted by molar-refractivity contribution is 9.10. The molecule has 1 heterocycles. The molecule has 1 aromatic carbocycles. The molecule has 0 unspecified atom stereocenters. The van der Waals surface area contributed by atoms with E-state index in [4.69, 9.17) is 10.5 Å². The van der Waals surface area contributed by atoms with Crippen LogP contribution in [0.15, 0.2) is 29.0 Å². The molecule has 2 N–H and O–H groups in total. The van der Waals surface area contributed by atoms with Gasteiger partial charge in [0, 0.05) is 6.07 Å². The van der Waals surface area contributed by atoms with Crippen molar-refractivity contribution < 1.29 is 9.66 Å². The van der Waals surface area contributed by atoms with Crippen molar-refractivity contribution in [3.05, 3.63) is 44.7 Å². The molecular weight excluding hydrogens is 316 g/mol. The van der Waals surface area contributed by atoms with Gasteiger partial charge in [-0.05, 0) is 34.5 Å². The molecule has 0 saturated carbocycles. The molecule has 0 saturated heterocycles. The molecule has 8 heteroatoms. The third-order valence-electron chi connectivity index (χ3n) is 2.30. The van der Waals surface area contributed by atoms with E-state index in [-0.39, 0.29) is 23.1 Å². The zero-order valence-corrected chi connectivity index (χ0v) is 11.4. The van der Waals surface area contributed by atoms with Gasteiger partial charge in [0.2, 0.25) is 11.6 Å². The van der Waals surface area contributed by atoms with E-state index in [1.54, 1.807) is 13.0 Å². The number of hydrogen-bond acceptors (Lipinski definition) is 6. The van der Waals surface area contributed by atoms with E-state index >= 15 is 0 Å². The number of hydrogen-bond donors (Lipinski definition) is 1. The van der Waals surface area contributed by atoms with Gasteiger partial charge in [0.15, 0.2) is 0 Å². The lowest BCUT2D eigenvalue weighted by Gasteiger charge is -2.08. The van der Waals surface area contributed by atoms with Crippen molar-refractivity contribution in [2.75, 3.05) is 5.73 Å². The quantitative estimate of drug-likeness (QED) is 0.687. The average Bonchev–Trinajstić information content (AvgIpc) is 2.36. The van der Waals surface area contributed by atoms with Crippen molar-refractivity contribution in [2.24, 2.45) is 0 Å². The molecule has 0 aliphatic carbocycles. The first-order chi connectivity index (χ1) is 8.99. The zero-order chi connectivity index (χ0) is 14.0. The number of halogens is 1. The summed E-state index contributed by atoms with van der Waals surface area (Å²) in [6, 6.07) is 4.65. The van der Waals surface area contributed by atoms with Gasteiger partial charge in [0.25, 0.3) is 0 Å². The van der Waals surface area contributed by atoms with Crippen LogP contribution in [0.2, 0.25) is 0 Å². The van der Waals surface area contributed by atoms with Crippen molar-refractivity contribution in [3.63, 3.8) is 0 Å². The van der Waals surface area contributed by atoms with Crippen LogP contribution in [0.1, 0.15) is 5.56 Å². The SMILES string of the molecule is Cc1ccc(Oc2ncnc(N)c2Br)c([N+](=O)[O-])c1. The van der Waals surface area contributed by atoms with Crippen LogP contribution in [0, 0.1) is 17.0 Å². The Balaban J connectivity index is 2.44. The summed E-state index contributed by atoms with van der Waals surface area (Å²) in [7, 11) is 0. The molecule has 98 valence electrons. The monoisotopic (exact) mass is 324 g/mol. The minimum atomic E-state index is -0.513. The average molecular weight is 325 g/mol. The van der Waals surface area contributed by atoms with E-state index in [0.717, 1.165) is 5.56 Å². The molecule has 7 nitrogen and oxygen atoms in total. The normalized spacial score (nSPS) is 10.2. The Morgan fingerprint density at radius 1 is 1.42 bits per heavy atom. The maximum Gasteiger partial charge on any atom is 0.311 e. The first-order valence-corrected chi connectivity index (χ1v) is 5.97. The summed E-state index contributed by atoms with van der Waals surface area (Å²) in [5.74, 6) is 0.411. The molecule has 2 rings (SSSR count). The molecule has 0 atom stereocenters. The van der Waals surface area contributed by atoms with Crippen LogP contribution >= 0.6 is 15.9 Å². The number of nitro groups is 1. The Morgan fingerprint density at radius 3 is 2.84 bits per heavy atom. The number of aromatic nitrogens is 2. The molecule has 0 spiro atoms. The van der Waals surface area contributed by atoms with Crippen LogP contribution in [-0.4, -0.2) is 14.9 Å². The zero-order valence-electron chi connectivity index (χ0n) is 9.83. The van der Waals surface area contributed by atoms with E-state index in [1.807, 2.05) is 0 Å². The number of nitro benzene ring substituents is 1. The molecule has 0 amide bonds. The summed E-state index contributed by atoms with van der Waals surface area (Å²) in [5.41, 5.74) is 6.21. The number of ether oxygens (including phenoxy) is 1. The van der Waals surface area contributed by atoms with Gasteiger partial charge in [0.05, 0.1) is 4.92 Å². The van der Waals surface area contributed by atoms with Crippen LogP contribution in [0.4, 0.5) is 11.5 Å². The van der Waals surface area contributed by atoms with Crippen molar-refractivity contribution in [1.82, 2.24) is 9.97 Å². The molecular formula is C11H9BrN4O3. The van der Waals surface area contributed by atoms with Gasteiger partial charge in [-0.15, -0.1) is 0 Å². The highest BCUT2D eigenvalue weighted by Gasteiger charge is 2.18. The molecule has 0 fully saturated rings. The summed E-state index contributed by atoms with van der Waals surface area (Å²) in [4.78, 5) is 18.1. The number of rotatable bonds is 3. The fourth-order valence-electron chi connectivity index (χ4n) is 1.40. The summed E-state index contributed by atoms with van der Waals surface area (Å²) in [6.45, 7) is 1.76. The Hall–Kier alpha value is -2.22. The van der Waals surface area contributed by atoms with Crippen LogP contribution in [0.25, 0.3) is 0 Å². The second-order valence-electron chi connectivity index (χ2n) is 3.71. The molecule has 0 radical (unpaired) electrons. The standard InChI is InChI=1S/C11H9BrN4O3/c1-6-2-3-8(7(4-6)16(17)18)19-11-9(12)10(13)14-5-15-11/h2-5H,1H3,(H2,13,14,15). The Bertz CT molecular complexity index is 648. The first-order valence-electron chi connectivity index (χ1n) is 5.18. The van der Waals surface area contributed by atoms with E-state index < -0.39 is 4.92 Å². The van der Waals surface area contributed by atoms with E-state index in [1.165, 1.54) is 18.5 Å². The Labute approximate surface area is 116 Å². The number of aryl methyl sites for hydroxylation is 1. The smallest absolute Gasteiger partial charge is 0.311 e. The molecule has 2 aromatic rings. The molecule has 1 aromatic heterocycles. The third-order valence-corrected chi connectivity index (χ3v) is 3.05. The molecule has 0 aliphatic rings. The topological polar surface area (TPSA) is 104 Å². The van der Waals surface area contributed by atoms with Crippen molar-refractivity contribution in [1.29, 1.82) is 0 Å². The van der Waals surface area contributed by atoms with Crippen molar-refractivity contribution >= 4 is 27.4 Å². The second kappa shape index (κ2) is 5.19. The third kappa shape index (κ3) is 2.79. The molecule has 19 heavy (non-hydrogen) atoms. The number of anilines is 1. The van der Waals surface area contributed by atoms with Crippen LogP contribution < -0.4 is 10.5 Å². The van der Waals surface area contributed by atoms with E-state index in [9.17, 15) is 10.1 Å². The van der Waals surface area contributed by atoms with Crippen LogP contribution in [0.3, 0.4) is 0 Å². The van der Waals surface area contributed by atoms with Gasteiger partial charge in [-0.2, -0.15) is 0 Å². The Kier molecular flexibility index (Phi) is 3.61. The number of nitrogen functional groups attached to an aromatic ring is 1. The highest BCUT2D eigenvalue weighted by atomic mass is 79.9. The molecule has 0 bridgehead atoms. The summed E-state index contributed by atoms with van der Waals surface area (Å²) in [6.07, 6.45) is 1.22. The molecule has 0 aliphatic heterocycles. The summed E-state index contributed by atoms with van der Waals surface area (Å²) < 4.78 is 5.77. The number of nitrogens with two attached hydrogens (primary N) is 1. The maximum absolute atomic E-state index is 11.0. The minimum Gasteiger partial charge on any atom is -0.430 e. The number of nitrogens with zero attached hydrogens (tertiary/aromatic N) is 3. The fourth-order valence-corrected chi connectivity index (χ4v) is 1.68. The summed E-state index contributed by atoms with van der Waals surface area (Å²) in [5, 5.41) is 11.0. The van der Waals surface area contributed by atoms with E-state index in [2.05, 4.69) is 25.9 Å². The fraction of sp³-hybridized carbons (Fsp3) is 0.0909. The lowest BCUT2D eigenvalue weighted by molar-refractivity contribution is -0.385. The first kappa shape index (κ1) is 13.2. The largest absolute Gasteiger partial charge is 0.430 e.